The van der Waals surface area contributed by atoms with E-state index in [1.807, 2.05) is 0 Å². The van der Waals surface area contributed by atoms with Crippen molar-refractivity contribution in [2.45, 2.75) is 44.6 Å². The third-order valence-electron chi connectivity index (χ3n) is 5.13. The van der Waals surface area contributed by atoms with Gasteiger partial charge >= 0.3 is 6.03 Å². The minimum absolute atomic E-state index is 0.231. The Balaban J connectivity index is 2.05. The first-order valence-electron chi connectivity index (χ1n) is 8.61. The minimum atomic E-state index is -0.801. The van der Waals surface area contributed by atoms with Crippen molar-refractivity contribution in [3.8, 4) is 0 Å². The monoisotopic (exact) mass is 333 g/mol. The Hall–Kier alpha value is -2.11. The number of nitrogens with one attached hydrogen (secondary N) is 1. The zero-order valence-corrected chi connectivity index (χ0v) is 14.4. The normalized spacial score (nSPS) is 26.4. The van der Waals surface area contributed by atoms with Crippen LogP contribution in [0.2, 0.25) is 0 Å². The summed E-state index contributed by atoms with van der Waals surface area (Å²) >= 11 is 0. The lowest BCUT2D eigenvalue weighted by molar-refractivity contribution is -0.139. The van der Waals surface area contributed by atoms with E-state index in [4.69, 9.17) is 0 Å². The van der Waals surface area contributed by atoms with Gasteiger partial charge in [-0.15, -0.1) is 13.2 Å². The summed E-state index contributed by atoms with van der Waals surface area (Å²) in [7, 11) is 0. The molecule has 1 aliphatic carbocycles. The van der Waals surface area contributed by atoms with E-state index in [0.29, 0.717) is 31.8 Å². The smallest absolute Gasteiger partial charge is 0.325 e. The highest BCUT2D eigenvalue weighted by Gasteiger charge is 2.52. The number of amides is 4. The molecule has 1 aliphatic heterocycles. The van der Waals surface area contributed by atoms with Gasteiger partial charge in [0.15, 0.2) is 0 Å². The molecule has 0 aromatic carbocycles. The van der Waals surface area contributed by atoms with Crippen molar-refractivity contribution in [3.05, 3.63) is 25.3 Å². The molecule has 2 aliphatic rings. The summed E-state index contributed by atoms with van der Waals surface area (Å²) < 4.78 is 0. The van der Waals surface area contributed by atoms with E-state index in [-0.39, 0.29) is 18.4 Å². The molecule has 1 heterocycles. The predicted octanol–water partition coefficient (Wildman–Crippen LogP) is 2.08. The van der Waals surface area contributed by atoms with Gasteiger partial charge < -0.3 is 10.2 Å². The number of carbonyl (C=O) groups is 3. The van der Waals surface area contributed by atoms with Crippen LogP contribution in [0.5, 0.6) is 0 Å². The molecule has 132 valence electrons. The Kier molecular flexibility index (Phi) is 5.80. The molecule has 0 atom stereocenters. The molecule has 0 aromatic heterocycles. The zero-order chi connectivity index (χ0) is 17.7. The van der Waals surface area contributed by atoms with Crippen LogP contribution < -0.4 is 5.32 Å². The van der Waals surface area contributed by atoms with Gasteiger partial charge in [0.1, 0.15) is 12.1 Å². The second-order valence-electron chi connectivity index (χ2n) is 6.63. The lowest BCUT2D eigenvalue weighted by atomic mass is 9.75. The molecule has 24 heavy (non-hydrogen) atoms. The van der Waals surface area contributed by atoms with Crippen molar-refractivity contribution < 1.29 is 14.4 Å². The Morgan fingerprint density at radius 2 is 1.88 bits per heavy atom. The average molecular weight is 333 g/mol. The Bertz CT molecular complexity index is 526. The third-order valence-corrected chi connectivity index (χ3v) is 5.13. The van der Waals surface area contributed by atoms with Crippen molar-refractivity contribution in [1.29, 1.82) is 0 Å². The van der Waals surface area contributed by atoms with Gasteiger partial charge in [0.25, 0.3) is 5.91 Å². The molecule has 0 bridgehead atoms. The van der Waals surface area contributed by atoms with Crippen LogP contribution in [0.4, 0.5) is 4.79 Å². The van der Waals surface area contributed by atoms with Gasteiger partial charge in [-0.1, -0.05) is 25.5 Å². The molecule has 6 heteroatoms. The molecule has 4 amide bonds. The Morgan fingerprint density at radius 3 is 2.38 bits per heavy atom. The van der Waals surface area contributed by atoms with Crippen LogP contribution in [-0.2, 0) is 9.59 Å². The summed E-state index contributed by atoms with van der Waals surface area (Å²) in [5.74, 6) is 0.0804. The van der Waals surface area contributed by atoms with Gasteiger partial charge in [-0.3, -0.25) is 14.5 Å². The van der Waals surface area contributed by atoms with Gasteiger partial charge in [-0.2, -0.15) is 0 Å². The highest BCUT2D eigenvalue weighted by molar-refractivity contribution is 6.09. The molecule has 6 nitrogen and oxygen atoms in total. The first kappa shape index (κ1) is 18.2. The fraction of sp³-hybridized carbons (Fsp3) is 0.611. The van der Waals surface area contributed by atoms with Crippen molar-refractivity contribution in [2.24, 2.45) is 5.92 Å². The van der Waals surface area contributed by atoms with Crippen molar-refractivity contribution in [1.82, 2.24) is 15.1 Å². The van der Waals surface area contributed by atoms with Gasteiger partial charge in [-0.05, 0) is 31.6 Å². The molecule has 0 aromatic rings. The second kappa shape index (κ2) is 7.64. The summed E-state index contributed by atoms with van der Waals surface area (Å²) in [6.07, 6.45) is 7.50. The van der Waals surface area contributed by atoms with Gasteiger partial charge in [0, 0.05) is 13.1 Å². The van der Waals surface area contributed by atoms with Crippen LogP contribution in [-0.4, -0.2) is 52.8 Å². The SMILES string of the molecule is C=CCN(CC=C)C(=O)CN1C(=O)NC2(CCC(CC)CC2)C1=O. The van der Waals surface area contributed by atoms with Crippen molar-refractivity contribution in [2.75, 3.05) is 19.6 Å². The average Bonchev–Trinajstić information content (AvgIpc) is 2.79. The van der Waals surface area contributed by atoms with E-state index < -0.39 is 11.6 Å². The summed E-state index contributed by atoms with van der Waals surface area (Å²) in [5.41, 5.74) is -0.801. The maximum Gasteiger partial charge on any atom is 0.325 e. The van der Waals surface area contributed by atoms with Crippen LogP contribution in [0.25, 0.3) is 0 Å². The van der Waals surface area contributed by atoms with Gasteiger partial charge in [0.05, 0.1) is 0 Å². The number of hydrogen-bond acceptors (Lipinski definition) is 3. The van der Waals surface area contributed by atoms with Crippen LogP contribution in [0.1, 0.15) is 39.0 Å². The lowest BCUT2D eigenvalue weighted by Gasteiger charge is -2.34. The van der Waals surface area contributed by atoms with Crippen LogP contribution in [0.15, 0.2) is 25.3 Å². The topological polar surface area (TPSA) is 69.7 Å². The minimum Gasteiger partial charge on any atom is -0.334 e. The molecule has 1 spiro atoms. The number of rotatable bonds is 7. The van der Waals surface area contributed by atoms with Crippen molar-refractivity contribution >= 4 is 17.8 Å². The van der Waals surface area contributed by atoms with Crippen molar-refractivity contribution in [3.63, 3.8) is 0 Å². The lowest BCUT2D eigenvalue weighted by Crippen LogP contribution is -2.50. The summed E-state index contributed by atoms with van der Waals surface area (Å²) in [6, 6.07) is -0.458. The van der Waals surface area contributed by atoms with E-state index in [9.17, 15) is 14.4 Å². The number of urea groups is 1. The quantitative estimate of drug-likeness (QED) is 0.573. The third kappa shape index (κ3) is 3.52. The largest absolute Gasteiger partial charge is 0.334 e. The fourth-order valence-corrected chi connectivity index (χ4v) is 3.56. The first-order valence-corrected chi connectivity index (χ1v) is 8.61. The number of hydrogen-bond donors (Lipinski definition) is 1. The highest BCUT2D eigenvalue weighted by Crippen LogP contribution is 2.37. The van der Waals surface area contributed by atoms with E-state index in [1.54, 1.807) is 12.2 Å². The molecule has 0 unspecified atom stereocenters. The van der Waals surface area contributed by atoms with Gasteiger partial charge in [-0.25, -0.2) is 4.79 Å². The van der Waals surface area contributed by atoms with Crippen LogP contribution in [0.3, 0.4) is 0 Å². The van der Waals surface area contributed by atoms with E-state index in [1.165, 1.54) is 4.90 Å². The maximum atomic E-state index is 12.8. The van der Waals surface area contributed by atoms with E-state index >= 15 is 0 Å². The Morgan fingerprint density at radius 1 is 1.29 bits per heavy atom. The molecular weight excluding hydrogens is 306 g/mol. The summed E-state index contributed by atoms with van der Waals surface area (Å²) in [5, 5.41) is 2.85. The molecular formula is C18H27N3O3. The predicted molar refractivity (Wildman–Crippen MR) is 92.2 cm³/mol. The molecule has 2 fully saturated rings. The van der Waals surface area contributed by atoms with Crippen LogP contribution >= 0.6 is 0 Å². The highest BCUT2D eigenvalue weighted by atomic mass is 16.2. The second-order valence-corrected chi connectivity index (χ2v) is 6.63. The molecule has 2 rings (SSSR count). The van der Waals surface area contributed by atoms with E-state index in [0.717, 1.165) is 24.2 Å². The summed E-state index contributed by atoms with van der Waals surface area (Å²) in [4.78, 5) is 40.0. The van der Waals surface area contributed by atoms with Crippen LogP contribution in [0, 0.1) is 5.92 Å². The number of nitrogens with zero attached hydrogens (tertiary/aromatic N) is 2. The number of imide groups is 1. The van der Waals surface area contributed by atoms with Gasteiger partial charge in [0.2, 0.25) is 5.91 Å². The van der Waals surface area contributed by atoms with E-state index in [2.05, 4.69) is 25.4 Å². The zero-order valence-electron chi connectivity index (χ0n) is 14.4. The molecule has 1 N–H and O–H groups in total. The standard InChI is InChI=1S/C18H27N3O3/c1-4-11-20(12-5-2)15(22)13-21-16(23)18(19-17(21)24)9-7-14(6-3)8-10-18/h4-5,14H,1-2,6-13H2,3H3,(H,19,24). The fourth-order valence-electron chi connectivity index (χ4n) is 3.56. The molecule has 0 radical (unpaired) electrons. The molecule has 1 saturated heterocycles. The number of carbonyl (C=O) groups excluding carboxylic acids is 3. The Labute approximate surface area is 143 Å². The maximum absolute atomic E-state index is 12.8. The first-order chi connectivity index (χ1) is 11.5. The summed E-state index contributed by atoms with van der Waals surface area (Å²) in [6.45, 7) is 9.88. The molecule has 1 saturated carbocycles.